The number of hydrogen-bond donors (Lipinski definition) is 2. The highest BCUT2D eigenvalue weighted by molar-refractivity contribution is 7.33. The number of carbonyl (C=O) groups excluding carboxylic acids is 2. The average molecular weight is 395 g/mol. The highest BCUT2D eigenvalue weighted by Crippen LogP contribution is 2.39. The molecule has 27 heavy (non-hydrogen) atoms. The van der Waals surface area contributed by atoms with Crippen LogP contribution in [0, 0.1) is 13.8 Å². The summed E-state index contributed by atoms with van der Waals surface area (Å²) in [5.41, 5.74) is 2.92. The van der Waals surface area contributed by atoms with E-state index in [0.717, 1.165) is 26.2 Å². The molecule has 2 aromatic carbocycles. The van der Waals surface area contributed by atoms with Crippen LogP contribution in [0.4, 0.5) is 5.69 Å². The highest BCUT2D eigenvalue weighted by Gasteiger charge is 2.15. The topological polar surface area (TPSA) is 58.2 Å². The van der Waals surface area contributed by atoms with Crippen molar-refractivity contribution in [2.24, 2.45) is 0 Å². The first-order valence-corrected chi connectivity index (χ1v) is 10.2. The fourth-order valence-corrected chi connectivity index (χ4v) is 5.38. The van der Waals surface area contributed by atoms with E-state index in [1.807, 2.05) is 50.2 Å². The Hall–Kier alpha value is -2.70. The van der Waals surface area contributed by atoms with Crippen LogP contribution in [0.2, 0.25) is 0 Å². The van der Waals surface area contributed by atoms with E-state index in [-0.39, 0.29) is 18.4 Å². The Morgan fingerprint density at radius 3 is 2.63 bits per heavy atom. The van der Waals surface area contributed by atoms with E-state index < -0.39 is 0 Å². The number of rotatable bonds is 4. The third kappa shape index (κ3) is 3.46. The molecule has 2 aromatic heterocycles. The summed E-state index contributed by atoms with van der Waals surface area (Å²) in [6.07, 6.45) is 0. The van der Waals surface area contributed by atoms with Crippen molar-refractivity contribution >= 4 is 59.7 Å². The highest BCUT2D eigenvalue weighted by atomic mass is 32.1. The average Bonchev–Trinajstić information content (AvgIpc) is 3.21. The molecule has 6 heteroatoms. The standard InChI is InChI=1S/C21H18N2O2S2/c1-12-6-5-8-15(13(12)2)23-19(24)11-22-21(25)18-10-17-20(27-18)14-7-3-4-9-16(14)26-17/h3-10H,11H2,1-2H3,(H,22,25)(H,23,24). The second-order valence-corrected chi connectivity index (χ2v) is 8.52. The van der Waals surface area contributed by atoms with Crippen molar-refractivity contribution < 1.29 is 9.59 Å². The fraction of sp³-hybridized carbons (Fsp3) is 0.143. The summed E-state index contributed by atoms with van der Waals surface area (Å²) in [6, 6.07) is 15.9. The lowest BCUT2D eigenvalue weighted by Gasteiger charge is -2.10. The van der Waals surface area contributed by atoms with Crippen LogP contribution in [0.1, 0.15) is 20.8 Å². The lowest BCUT2D eigenvalue weighted by molar-refractivity contribution is -0.115. The molecule has 0 unspecified atom stereocenters. The Balaban J connectivity index is 1.44. The summed E-state index contributed by atoms with van der Waals surface area (Å²) in [6.45, 7) is 3.91. The predicted octanol–water partition coefficient (Wildman–Crippen LogP) is 5.10. The molecule has 0 spiro atoms. The van der Waals surface area contributed by atoms with Crippen LogP contribution < -0.4 is 10.6 Å². The van der Waals surface area contributed by atoms with Crippen molar-refractivity contribution in [1.29, 1.82) is 0 Å². The van der Waals surface area contributed by atoms with Gasteiger partial charge in [-0.15, -0.1) is 22.7 Å². The van der Waals surface area contributed by atoms with Gasteiger partial charge in [0.2, 0.25) is 5.91 Å². The van der Waals surface area contributed by atoms with E-state index in [2.05, 4.69) is 22.8 Å². The van der Waals surface area contributed by atoms with Crippen LogP contribution in [0.3, 0.4) is 0 Å². The van der Waals surface area contributed by atoms with Gasteiger partial charge in [0.05, 0.1) is 16.1 Å². The maximum absolute atomic E-state index is 12.5. The van der Waals surface area contributed by atoms with Crippen LogP contribution in [-0.4, -0.2) is 18.4 Å². The zero-order valence-corrected chi connectivity index (χ0v) is 16.6. The minimum atomic E-state index is -0.235. The molecule has 4 nitrogen and oxygen atoms in total. The van der Waals surface area contributed by atoms with Crippen molar-refractivity contribution in [1.82, 2.24) is 5.32 Å². The normalized spacial score (nSPS) is 11.0. The molecule has 0 bridgehead atoms. The number of amides is 2. The molecular weight excluding hydrogens is 376 g/mol. The Labute approximate surface area is 164 Å². The van der Waals surface area contributed by atoms with E-state index in [9.17, 15) is 9.59 Å². The lowest BCUT2D eigenvalue weighted by Crippen LogP contribution is -2.32. The third-order valence-electron chi connectivity index (χ3n) is 4.56. The first kappa shape index (κ1) is 17.7. The van der Waals surface area contributed by atoms with Gasteiger partial charge in [-0.3, -0.25) is 9.59 Å². The molecule has 0 fully saturated rings. The Morgan fingerprint density at radius 1 is 0.963 bits per heavy atom. The molecule has 2 heterocycles. The number of benzene rings is 2. The minimum absolute atomic E-state index is 0.0570. The second kappa shape index (κ2) is 7.13. The smallest absolute Gasteiger partial charge is 0.261 e. The summed E-state index contributed by atoms with van der Waals surface area (Å²) in [5.74, 6) is -0.454. The quantitative estimate of drug-likeness (QED) is 0.506. The van der Waals surface area contributed by atoms with Crippen molar-refractivity contribution in [2.75, 3.05) is 11.9 Å². The number of aryl methyl sites for hydroxylation is 1. The lowest BCUT2D eigenvalue weighted by atomic mass is 10.1. The van der Waals surface area contributed by atoms with Gasteiger partial charge in [0.25, 0.3) is 5.91 Å². The van der Waals surface area contributed by atoms with Gasteiger partial charge in [-0.1, -0.05) is 30.3 Å². The maximum Gasteiger partial charge on any atom is 0.261 e. The van der Waals surface area contributed by atoms with Gasteiger partial charge in [-0.2, -0.15) is 0 Å². The summed E-state index contributed by atoms with van der Waals surface area (Å²) >= 11 is 3.15. The molecule has 0 atom stereocenters. The molecule has 0 saturated heterocycles. The molecule has 136 valence electrons. The number of anilines is 1. The number of thiophene rings is 2. The molecule has 2 N–H and O–H groups in total. The molecule has 0 aliphatic carbocycles. The van der Waals surface area contributed by atoms with Crippen molar-refractivity contribution in [3.8, 4) is 0 Å². The summed E-state index contributed by atoms with van der Waals surface area (Å²) in [4.78, 5) is 25.3. The first-order valence-electron chi connectivity index (χ1n) is 8.58. The van der Waals surface area contributed by atoms with E-state index >= 15 is 0 Å². The van der Waals surface area contributed by atoms with E-state index in [1.165, 1.54) is 21.4 Å². The van der Waals surface area contributed by atoms with Gasteiger partial charge in [0.1, 0.15) is 0 Å². The molecule has 0 aliphatic rings. The number of nitrogens with one attached hydrogen (secondary N) is 2. The molecule has 0 saturated carbocycles. The zero-order chi connectivity index (χ0) is 19.0. The SMILES string of the molecule is Cc1cccc(NC(=O)CNC(=O)c2cc3sc4ccccc4c3s2)c1C. The molecule has 0 radical (unpaired) electrons. The summed E-state index contributed by atoms with van der Waals surface area (Å²) in [5, 5.41) is 6.75. The Kier molecular flexibility index (Phi) is 4.68. The van der Waals surface area contributed by atoms with Gasteiger partial charge < -0.3 is 10.6 Å². The number of carbonyl (C=O) groups is 2. The molecular formula is C21H18N2O2S2. The zero-order valence-electron chi connectivity index (χ0n) is 15.0. The molecule has 2 amide bonds. The second-order valence-electron chi connectivity index (χ2n) is 6.38. The van der Waals surface area contributed by atoms with Crippen LogP contribution in [0.5, 0.6) is 0 Å². The third-order valence-corrected chi connectivity index (χ3v) is 6.98. The molecule has 0 aliphatic heterocycles. The van der Waals surface area contributed by atoms with Crippen LogP contribution in [0.25, 0.3) is 19.5 Å². The van der Waals surface area contributed by atoms with E-state index in [0.29, 0.717) is 4.88 Å². The van der Waals surface area contributed by atoms with Gasteiger partial charge in [0, 0.05) is 20.5 Å². The van der Waals surface area contributed by atoms with E-state index in [4.69, 9.17) is 0 Å². The van der Waals surface area contributed by atoms with Crippen LogP contribution >= 0.6 is 22.7 Å². The van der Waals surface area contributed by atoms with Gasteiger partial charge in [-0.25, -0.2) is 0 Å². The van der Waals surface area contributed by atoms with Gasteiger partial charge >= 0.3 is 0 Å². The predicted molar refractivity (Wildman–Crippen MR) is 114 cm³/mol. The maximum atomic E-state index is 12.5. The summed E-state index contributed by atoms with van der Waals surface area (Å²) in [7, 11) is 0. The monoisotopic (exact) mass is 394 g/mol. The van der Waals surface area contributed by atoms with Crippen LogP contribution in [-0.2, 0) is 4.79 Å². The molecule has 4 aromatic rings. The minimum Gasteiger partial charge on any atom is -0.342 e. The fourth-order valence-electron chi connectivity index (χ4n) is 2.94. The van der Waals surface area contributed by atoms with Crippen LogP contribution in [0.15, 0.2) is 48.5 Å². The Morgan fingerprint density at radius 2 is 1.78 bits per heavy atom. The van der Waals surface area contributed by atoms with Crippen molar-refractivity contribution in [3.63, 3.8) is 0 Å². The molecule has 4 rings (SSSR count). The van der Waals surface area contributed by atoms with Crippen molar-refractivity contribution in [2.45, 2.75) is 13.8 Å². The van der Waals surface area contributed by atoms with Gasteiger partial charge in [0.15, 0.2) is 0 Å². The largest absolute Gasteiger partial charge is 0.342 e. The number of hydrogen-bond acceptors (Lipinski definition) is 4. The van der Waals surface area contributed by atoms with Crippen molar-refractivity contribution in [3.05, 3.63) is 64.5 Å². The number of fused-ring (bicyclic) bond motifs is 3. The summed E-state index contributed by atoms with van der Waals surface area (Å²) < 4.78 is 3.45. The first-order chi connectivity index (χ1) is 13.0. The Bertz CT molecular complexity index is 1170. The van der Waals surface area contributed by atoms with Gasteiger partial charge in [-0.05, 0) is 43.2 Å². The van der Waals surface area contributed by atoms with E-state index in [1.54, 1.807) is 11.3 Å².